The number of nitro groups is 1. The molecule has 2 aromatic carbocycles. The maximum absolute atomic E-state index is 12.6. The summed E-state index contributed by atoms with van der Waals surface area (Å²) in [5.74, 6) is 0.142. The molecule has 25 heavy (non-hydrogen) atoms. The van der Waals surface area contributed by atoms with Gasteiger partial charge in [-0.2, -0.15) is 0 Å². The number of halogens is 1. The van der Waals surface area contributed by atoms with Crippen LogP contribution in [0.25, 0.3) is 12.2 Å². The summed E-state index contributed by atoms with van der Waals surface area (Å²) >= 11 is 5.71. The van der Waals surface area contributed by atoms with Crippen LogP contribution in [-0.4, -0.2) is 10.7 Å². The number of rotatable bonds is 5. The Kier molecular flexibility index (Phi) is 4.77. The van der Waals surface area contributed by atoms with Crippen molar-refractivity contribution in [1.29, 1.82) is 0 Å². The molecule has 1 aromatic heterocycles. The molecule has 5 nitrogen and oxygen atoms in total. The summed E-state index contributed by atoms with van der Waals surface area (Å²) in [5.41, 5.74) is 0.838. The van der Waals surface area contributed by atoms with Gasteiger partial charge in [-0.1, -0.05) is 36.4 Å². The molecular formula is C19H12ClNO4. The Balaban J connectivity index is 1.99. The van der Waals surface area contributed by atoms with E-state index in [1.54, 1.807) is 60.7 Å². The highest BCUT2D eigenvalue weighted by Gasteiger charge is 2.21. The van der Waals surface area contributed by atoms with Gasteiger partial charge in [0.15, 0.2) is 11.0 Å². The van der Waals surface area contributed by atoms with Crippen molar-refractivity contribution in [3.05, 3.63) is 98.4 Å². The van der Waals surface area contributed by atoms with Crippen molar-refractivity contribution < 1.29 is 14.1 Å². The highest BCUT2D eigenvalue weighted by atomic mass is 35.5. The quantitative estimate of drug-likeness (QED) is 0.357. The van der Waals surface area contributed by atoms with Gasteiger partial charge in [-0.25, -0.2) is 0 Å². The Morgan fingerprint density at radius 3 is 2.44 bits per heavy atom. The van der Waals surface area contributed by atoms with Crippen LogP contribution in [0.5, 0.6) is 0 Å². The fourth-order valence-electron chi connectivity index (χ4n) is 2.34. The number of furan rings is 1. The van der Waals surface area contributed by atoms with E-state index >= 15 is 0 Å². The standard InChI is InChI=1S/C19H12ClNO4/c20-18-11-9-15(25-18)8-6-13-7-10-17(21(23)24)16(12-13)19(22)14-4-2-1-3-5-14/h1-12H/b8-6+. The largest absolute Gasteiger partial charge is 0.445 e. The van der Waals surface area contributed by atoms with Crippen molar-refractivity contribution in [1.82, 2.24) is 0 Å². The van der Waals surface area contributed by atoms with Crippen LogP contribution in [0, 0.1) is 10.1 Å². The third kappa shape index (κ3) is 3.84. The monoisotopic (exact) mass is 353 g/mol. The van der Waals surface area contributed by atoms with Gasteiger partial charge < -0.3 is 4.42 Å². The van der Waals surface area contributed by atoms with Crippen LogP contribution >= 0.6 is 11.6 Å². The number of carbonyl (C=O) groups excluding carboxylic acids is 1. The fraction of sp³-hybridized carbons (Fsp3) is 0. The highest BCUT2D eigenvalue weighted by Crippen LogP contribution is 2.24. The first kappa shape index (κ1) is 16.7. The highest BCUT2D eigenvalue weighted by molar-refractivity contribution is 6.28. The van der Waals surface area contributed by atoms with E-state index in [-0.39, 0.29) is 16.5 Å². The number of benzene rings is 2. The molecule has 0 aliphatic heterocycles. The normalized spacial score (nSPS) is 10.9. The van der Waals surface area contributed by atoms with E-state index in [9.17, 15) is 14.9 Å². The van der Waals surface area contributed by atoms with E-state index in [0.29, 0.717) is 16.9 Å². The van der Waals surface area contributed by atoms with Crippen molar-refractivity contribution in [2.24, 2.45) is 0 Å². The van der Waals surface area contributed by atoms with E-state index < -0.39 is 10.7 Å². The Bertz CT molecular complexity index is 961. The zero-order valence-corrected chi connectivity index (χ0v) is 13.6. The topological polar surface area (TPSA) is 73.3 Å². The maximum atomic E-state index is 12.6. The summed E-state index contributed by atoms with van der Waals surface area (Å²) < 4.78 is 5.22. The minimum atomic E-state index is -0.560. The molecule has 0 aliphatic rings. The van der Waals surface area contributed by atoms with Gasteiger partial charge in [0, 0.05) is 11.6 Å². The van der Waals surface area contributed by atoms with Crippen molar-refractivity contribution in [3.63, 3.8) is 0 Å². The lowest BCUT2D eigenvalue weighted by molar-refractivity contribution is -0.385. The third-order valence-electron chi connectivity index (χ3n) is 3.53. The van der Waals surface area contributed by atoms with Crippen LogP contribution in [-0.2, 0) is 0 Å². The van der Waals surface area contributed by atoms with Crippen LogP contribution in [0.3, 0.4) is 0 Å². The number of nitro benzene ring substituents is 1. The molecule has 0 unspecified atom stereocenters. The smallest absolute Gasteiger partial charge is 0.280 e. The number of hydrogen-bond donors (Lipinski definition) is 0. The summed E-state index contributed by atoms with van der Waals surface area (Å²) in [4.78, 5) is 23.3. The second-order valence-corrected chi connectivity index (χ2v) is 5.58. The van der Waals surface area contributed by atoms with Gasteiger partial charge in [0.1, 0.15) is 11.3 Å². The average molecular weight is 354 g/mol. The first-order valence-corrected chi connectivity index (χ1v) is 7.74. The molecule has 6 heteroatoms. The number of nitrogens with zero attached hydrogens (tertiary/aromatic N) is 1. The van der Waals surface area contributed by atoms with E-state index in [2.05, 4.69) is 0 Å². The molecule has 3 rings (SSSR count). The fourth-order valence-corrected chi connectivity index (χ4v) is 2.49. The number of hydrogen-bond acceptors (Lipinski definition) is 4. The van der Waals surface area contributed by atoms with Crippen LogP contribution in [0.15, 0.2) is 65.1 Å². The Labute approximate surface area is 148 Å². The first-order chi connectivity index (χ1) is 12.0. The van der Waals surface area contributed by atoms with Crippen molar-refractivity contribution in [2.75, 3.05) is 0 Å². The molecule has 0 radical (unpaired) electrons. The van der Waals surface area contributed by atoms with Gasteiger partial charge in [0.2, 0.25) is 0 Å². The lowest BCUT2D eigenvalue weighted by atomic mass is 9.99. The van der Waals surface area contributed by atoms with Gasteiger partial charge in [-0.3, -0.25) is 14.9 Å². The summed E-state index contributed by atoms with van der Waals surface area (Å²) in [6.07, 6.45) is 3.37. The lowest BCUT2D eigenvalue weighted by Crippen LogP contribution is -2.05. The van der Waals surface area contributed by atoms with Gasteiger partial charge >= 0.3 is 0 Å². The summed E-state index contributed by atoms with van der Waals surface area (Å²) in [5, 5.41) is 11.5. The second kappa shape index (κ2) is 7.15. The minimum Gasteiger partial charge on any atom is -0.445 e. The maximum Gasteiger partial charge on any atom is 0.280 e. The molecule has 0 saturated carbocycles. The molecule has 0 aliphatic carbocycles. The Morgan fingerprint density at radius 1 is 1.04 bits per heavy atom. The Morgan fingerprint density at radius 2 is 1.80 bits per heavy atom. The molecule has 0 saturated heterocycles. The molecule has 0 amide bonds. The van der Waals surface area contributed by atoms with Crippen LogP contribution in [0.4, 0.5) is 5.69 Å². The Hall–Kier alpha value is -3.18. The van der Waals surface area contributed by atoms with Crippen molar-refractivity contribution in [3.8, 4) is 0 Å². The average Bonchev–Trinajstić information content (AvgIpc) is 3.05. The van der Waals surface area contributed by atoms with Crippen LogP contribution < -0.4 is 0 Å². The number of carbonyl (C=O) groups is 1. The first-order valence-electron chi connectivity index (χ1n) is 7.36. The van der Waals surface area contributed by atoms with Crippen molar-refractivity contribution >= 4 is 35.2 Å². The number of ketones is 1. The van der Waals surface area contributed by atoms with Crippen LogP contribution in [0.2, 0.25) is 5.22 Å². The summed E-state index contributed by atoms with van der Waals surface area (Å²) in [7, 11) is 0. The zero-order chi connectivity index (χ0) is 17.8. The molecule has 0 atom stereocenters. The molecule has 0 N–H and O–H groups in total. The lowest BCUT2D eigenvalue weighted by Gasteiger charge is -2.04. The van der Waals surface area contributed by atoms with Crippen LogP contribution in [0.1, 0.15) is 27.2 Å². The van der Waals surface area contributed by atoms with Gasteiger partial charge in [0.05, 0.1) is 4.92 Å². The van der Waals surface area contributed by atoms with E-state index in [1.807, 2.05) is 0 Å². The molecule has 1 heterocycles. The second-order valence-electron chi connectivity index (χ2n) is 5.20. The predicted molar refractivity (Wildman–Crippen MR) is 95.6 cm³/mol. The third-order valence-corrected chi connectivity index (χ3v) is 3.74. The molecule has 0 fully saturated rings. The van der Waals surface area contributed by atoms with Crippen molar-refractivity contribution in [2.45, 2.75) is 0 Å². The van der Waals surface area contributed by atoms with Gasteiger partial charge in [-0.05, 0) is 47.5 Å². The minimum absolute atomic E-state index is 0.0378. The van der Waals surface area contributed by atoms with E-state index in [0.717, 1.165) is 0 Å². The van der Waals surface area contributed by atoms with Gasteiger partial charge in [-0.15, -0.1) is 0 Å². The molecule has 3 aromatic rings. The van der Waals surface area contributed by atoms with E-state index in [1.165, 1.54) is 12.1 Å². The molecular weight excluding hydrogens is 342 g/mol. The molecule has 124 valence electrons. The molecule has 0 bridgehead atoms. The zero-order valence-electron chi connectivity index (χ0n) is 12.9. The van der Waals surface area contributed by atoms with E-state index in [4.69, 9.17) is 16.0 Å². The van der Waals surface area contributed by atoms with Gasteiger partial charge in [0.25, 0.3) is 5.69 Å². The summed E-state index contributed by atoms with van der Waals surface area (Å²) in [6.45, 7) is 0. The summed E-state index contributed by atoms with van der Waals surface area (Å²) in [6, 6.07) is 16.1. The predicted octanol–water partition coefficient (Wildman–Crippen LogP) is 5.24. The molecule has 0 spiro atoms. The SMILES string of the molecule is O=C(c1ccccc1)c1cc(/C=C/c2ccc(Cl)o2)ccc1[N+](=O)[O-].